The second-order valence-electron chi connectivity index (χ2n) is 2.62. The maximum absolute atomic E-state index is 13.1. The van der Waals surface area contributed by atoms with Gasteiger partial charge in [-0.2, -0.15) is 0 Å². The summed E-state index contributed by atoms with van der Waals surface area (Å²) in [4.78, 5) is 11.0. The minimum absolute atomic E-state index is 0.128. The SMILES string of the molecule is COc1c(Cl)cc(F)c(F)c1C(C)=O. The zero-order chi connectivity index (χ0) is 10.9. The summed E-state index contributed by atoms with van der Waals surface area (Å²) >= 11 is 5.57. The zero-order valence-corrected chi connectivity index (χ0v) is 8.28. The van der Waals surface area contributed by atoms with Gasteiger partial charge in [0.05, 0.1) is 17.7 Å². The van der Waals surface area contributed by atoms with Gasteiger partial charge in [0.1, 0.15) is 0 Å². The average molecular weight is 221 g/mol. The average Bonchev–Trinajstić information content (AvgIpc) is 2.10. The summed E-state index contributed by atoms with van der Waals surface area (Å²) in [6, 6.07) is 0.766. The molecule has 0 aliphatic carbocycles. The van der Waals surface area contributed by atoms with Gasteiger partial charge in [0, 0.05) is 0 Å². The lowest BCUT2D eigenvalue weighted by atomic mass is 10.1. The lowest BCUT2D eigenvalue weighted by Gasteiger charge is -2.09. The van der Waals surface area contributed by atoms with Crippen LogP contribution >= 0.6 is 11.6 Å². The Hall–Kier alpha value is -1.16. The lowest BCUT2D eigenvalue weighted by molar-refractivity contribution is 0.100. The maximum atomic E-state index is 13.1. The monoisotopic (exact) mass is 220 g/mol. The molecule has 1 aromatic carbocycles. The molecule has 0 radical (unpaired) electrons. The van der Waals surface area contributed by atoms with Crippen molar-refractivity contribution in [3.05, 3.63) is 28.3 Å². The van der Waals surface area contributed by atoms with Crippen molar-refractivity contribution in [2.45, 2.75) is 6.92 Å². The molecule has 1 aromatic rings. The highest BCUT2D eigenvalue weighted by molar-refractivity contribution is 6.32. The molecule has 5 heteroatoms. The van der Waals surface area contributed by atoms with E-state index in [1.807, 2.05) is 0 Å². The molecular weight excluding hydrogens is 214 g/mol. The maximum Gasteiger partial charge on any atom is 0.173 e. The normalized spacial score (nSPS) is 10.1. The van der Waals surface area contributed by atoms with Crippen LogP contribution in [0.25, 0.3) is 0 Å². The molecule has 0 N–H and O–H groups in total. The highest BCUT2D eigenvalue weighted by atomic mass is 35.5. The first-order chi connectivity index (χ1) is 6.49. The lowest BCUT2D eigenvalue weighted by Crippen LogP contribution is -2.04. The van der Waals surface area contributed by atoms with Crippen LogP contribution in [0.15, 0.2) is 6.07 Å². The Morgan fingerprint density at radius 2 is 2.07 bits per heavy atom. The molecular formula is C9H7ClF2O2. The van der Waals surface area contributed by atoms with Gasteiger partial charge in [-0.05, 0) is 13.0 Å². The molecule has 0 spiro atoms. The standard InChI is InChI=1S/C9H7ClF2O2/c1-4(13)7-8(12)6(11)3-5(10)9(7)14-2/h3H,1-2H3. The largest absolute Gasteiger partial charge is 0.494 e. The number of halogens is 3. The number of rotatable bonds is 2. The van der Waals surface area contributed by atoms with Crippen LogP contribution in [0.5, 0.6) is 5.75 Å². The van der Waals surface area contributed by atoms with Crippen molar-refractivity contribution in [1.82, 2.24) is 0 Å². The Morgan fingerprint density at radius 3 is 2.50 bits per heavy atom. The van der Waals surface area contributed by atoms with E-state index >= 15 is 0 Å². The molecule has 0 amide bonds. The summed E-state index contributed by atoms with van der Waals surface area (Å²) in [6.07, 6.45) is 0. The van der Waals surface area contributed by atoms with Crippen LogP contribution in [0.4, 0.5) is 8.78 Å². The molecule has 0 heterocycles. The number of benzene rings is 1. The van der Waals surface area contributed by atoms with Gasteiger partial charge in [0.2, 0.25) is 0 Å². The Labute approximate surface area is 84.4 Å². The van der Waals surface area contributed by atoms with Crippen molar-refractivity contribution in [3.63, 3.8) is 0 Å². The fraction of sp³-hybridized carbons (Fsp3) is 0.222. The van der Waals surface area contributed by atoms with Crippen molar-refractivity contribution in [2.24, 2.45) is 0 Å². The Kier molecular flexibility index (Phi) is 3.06. The van der Waals surface area contributed by atoms with E-state index in [4.69, 9.17) is 16.3 Å². The highest BCUT2D eigenvalue weighted by Crippen LogP contribution is 2.32. The van der Waals surface area contributed by atoms with Gasteiger partial charge < -0.3 is 4.74 Å². The smallest absolute Gasteiger partial charge is 0.173 e. The summed E-state index contributed by atoms with van der Waals surface area (Å²) in [5.41, 5.74) is -0.461. The number of methoxy groups -OCH3 is 1. The number of Topliss-reactive ketones (excluding diaryl/α,β-unsaturated/α-hetero) is 1. The van der Waals surface area contributed by atoms with Crippen LogP contribution in [0.2, 0.25) is 5.02 Å². The molecule has 0 unspecified atom stereocenters. The van der Waals surface area contributed by atoms with Gasteiger partial charge in [-0.1, -0.05) is 11.6 Å². The Bertz CT molecular complexity index is 391. The third-order valence-corrected chi connectivity index (χ3v) is 1.96. The number of carbonyl (C=O) groups is 1. The van der Waals surface area contributed by atoms with Crippen molar-refractivity contribution >= 4 is 17.4 Å². The Morgan fingerprint density at radius 1 is 1.50 bits per heavy atom. The van der Waals surface area contributed by atoms with Crippen LogP contribution in [-0.2, 0) is 0 Å². The summed E-state index contributed by atoms with van der Waals surface area (Å²) in [5.74, 6) is -3.18. The predicted molar refractivity (Wildman–Crippen MR) is 47.9 cm³/mol. The van der Waals surface area contributed by atoms with Crippen molar-refractivity contribution in [3.8, 4) is 5.75 Å². The second-order valence-corrected chi connectivity index (χ2v) is 3.03. The van der Waals surface area contributed by atoms with Crippen LogP contribution < -0.4 is 4.74 Å². The minimum atomic E-state index is -1.24. The van der Waals surface area contributed by atoms with E-state index in [0.29, 0.717) is 0 Å². The molecule has 0 aliphatic heterocycles. The number of carbonyl (C=O) groups excluding carboxylic acids is 1. The Balaban J connectivity index is 3.56. The third-order valence-electron chi connectivity index (χ3n) is 1.68. The third kappa shape index (κ3) is 1.70. The van der Waals surface area contributed by atoms with Crippen LogP contribution in [0, 0.1) is 11.6 Å². The molecule has 0 aliphatic rings. The van der Waals surface area contributed by atoms with E-state index in [0.717, 1.165) is 13.0 Å². The number of hydrogen-bond donors (Lipinski definition) is 0. The van der Waals surface area contributed by atoms with E-state index < -0.39 is 23.0 Å². The molecule has 1 rings (SSSR count). The molecule has 2 nitrogen and oxygen atoms in total. The fourth-order valence-electron chi connectivity index (χ4n) is 1.09. The molecule has 0 saturated heterocycles. The van der Waals surface area contributed by atoms with Crippen molar-refractivity contribution in [1.29, 1.82) is 0 Å². The van der Waals surface area contributed by atoms with Crippen molar-refractivity contribution in [2.75, 3.05) is 7.11 Å². The minimum Gasteiger partial charge on any atom is -0.494 e. The van der Waals surface area contributed by atoms with Crippen LogP contribution in [0.3, 0.4) is 0 Å². The van der Waals surface area contributed by atoms with Gasteiger partial charge in [-0.25, -0.2) is 8.78 Å². The van der Waals surface area contributed by atoms with E-state index in [1.165, 1.54) is 7.11 Å². The van der Waals surface area contributed by atoms with Crippen molar-refractivity contribution < 1.29 is 18.3 Å². The molecule has 76 valence electrons. The quantitative estimate of drug-likeness (QED) is 0.566. The van der Waals surface area contributed by atoms with Crippen LogP contribution in [-0.4, -0.2) is 12.9 Å². The van der Waals surface area contributed by atoms with Gasteiger partial charge >= 0.3 is 0 Å². The molecule has 0 bridgehead atoms. The zero-order valence-electron chi connectivity index (χ0n) is 7.53. The van der Waals surface area contributed by atoms with Gasteiger partial charge in [0.25, 0.3) is 0 Å². The molecule has 0 aromatic heterocycles. The van der Waals surface area contributed by atoms with E-state index in [9.17, 15) is 13.6 Å². The number of ether oxygens (including phenoxy) is 1. The second kappa shape index (κ2) is 3.92. The highest BCUT2D eigenvalue weighted by Gasteiger charge is 2.21. The number of ketones is 1. The van der Waals surface area contributed by atoms with Gasteiger partial charge in [0.15, 0.2) is 23.2 Å². The van der Waals surface area contributed by atoms with E-state index in [-0.39, 0.29) is 10.8 Å². The molecule has 0 atom stereocenters. The molecule has 0 saturated carbocycles. The summed E-state index contributed by atoms with van der Waals surface area (Å²) in [7, 11) is 1.23. The topological polar surface area (TPSA) is 26.3 Å². The fourth-order valence-corrected chi connectivity index (χ4v) is 1.36. The predicted octanol–water partition coefficient (Wildman–Crippen LogP) is 2.83. The summed E-state index contributed by atoms with van der Waals surface area (Å²) < 4.78 is 30.7. The molecule has 0 fully saturated rings. The molecule has 14 heavy (non-hydrogen) atoms. The number of hydrogen-bond acceptors (Lipinski definition) is 2. The van der Waals surface area contributed by atoms with E-state index in [1.54, 1.807) is 0 Å². The van der Waals surface area contributed by atoms with Gasteiger partial charge in [-0.3, -0.25) is 4.79 Å². The first kappa shape index (κ1) is 10.9. The summed E-state index contributed by atoms with van der Waals surface area (Å²) in [6.45, 7) is 1.11. The van der Waals surface area contributed by atoms with E-state index in [2.05, 4.69) is 0 Å². The van der Waals surface area contributed by atoms with Crippen LogP contribution in [0.1, 0.15) is 17.3 Å². The first-order valence-electron chi connectivity index (χ1n) is 3.71. The summed E-state index contributed by atoms with van der Waals surface area (Å²) in [5, 5.41) is -0.128. The first-order valence-corrected chi connectivity index (χ1v) is 4.09. The van der Waals surface area contributed by atoms with Gasteiger partial charge in [-0.15, -0.1) is 0 Å².